The number of carbonyl (C=O) groups excluding carboxylic acids is 2. The summed E-state index contributed by atoms with van der Waals surface area (Å²) < 4.78 is 0. The summed E-state index contributed by atoms with van der Waals surface area (Å²) in [6, 6.07) is 0. The van der Waals surface area contributed by atoms with Crippen molar-refractivity contribution in [1.82, 2.24) is 20.0 Å². The highest BCUT2D eigenvalue weighted by molar-refractivity contribution is 5.81. The third-order valence-electron chi connectivity index (χ3n) is 5.28. The predicted molar refractivity (Wildman–Crippen MR) is 86.6 cm³/mol. The second kappa shape index (κ2) is 7.15. The lowest BCUT2D eigenvalue weighted by molar-refractivity contribution is -0.143. The van der Waals surface area contributed by atoms with Crippen LogP contribution in [0.5, 0.6) is 0 Å². The largest absolute Gasteiger partial charge is 0.345 e. The fraction of sp³-hybridized carbons (Fsp3) is 0.706. The Morgan fingerprint density at radius 2 is 2.00 bits per heavy atom. The first-order valence-corrected chi connectivity index (χ1v) is 8.66. The molecule has 0 spiro atoms. The van der Waals surface area contributed by atoms with E-state index >= 15 is 0 Å². The van der Waals surface area contributed by atoms with Gasteiger partial charge in [-0.05, 0) is 37.7 Å². The summed E-state index contributed by atoms with van der Waals surface area (Å²) in [6.07, 6.45) is 9.36. The molecule has 0 unspecified atom stereocenters. The molecule has 1 saturated carbocycles. The van der Waals surface area contributed by atoms with Crippen LogP contribution in [0.4, 0.5) is 0 Å². The average molecular weight is 318 g/mol. The standard InChI is InChI=1S/C17H26N4O2/c1-20(8-5-13-11-18-19-12-13)16(22)15-6-9-21(10-7-15)17(23)14-3-2-4-14/h11-12,14-15H,2-10H2,1H3,(H,18,19). The van der Waals surface area contributed by atoms with Crippen LogP contribution < -0.4 is 0 Å². The van der Waals surface area contributed by atoms with E-state index in [0.717, 1.165) is 50.8 Å². The molecule has 1 aromatic rings. The number of hydrogen-bond donors (Lipinski definition) is 1. The maximum absolute atomic E-state index is 12.5. The highest BCUT2D eigenvalue weighted by Gasteiger charge is 2.33. The summed E-state index contributed by atoms with van der Waals surface area (Å²) in [5, 5.41) is 6.71. The van der Waals surface area contributed by atoms with Gasteiger partial charge in [-0.2, -0.15) is 5.10 Å². The fourth-order valence-electron chi connectivity index (χ4n) is 3.39. The van der Waals surface area contributed by atoms with Crippen LogP contribution in [0.1, 0.15) is 37.7 Å². The quantitative estimate of drug-likeness (QED) is 0.893. The van der Waals surface area contributed by atoms with E-state index in [-0.39, 0.29) is 17.7 Å². The van der Waals surface area contributed by atoms with Crippen molar-refractivity contribution in [1.29, 1.82) is 0 Å². The third-order valence-corrected chi connectivity index (χ3v) is 5.28. The Morgan fingerprint density at radius 3 is 2.57 bits per heavy atom. The molecule has 1 saturated heterocycles. The third kappa shape index (κ3) is 3.74. The lowest BCUT2D eigenvalue weighted by Gasteiger charge is -2.37. The Hall–Kier alpha value is -1.85. The number of nitrogens with zero attached hydrogens (tertiary/aromatic N) is 3. The van der Waals surface area contributed by atoms with Gasteiger partial charge in [0, 0.05) is 44.7 Å². The Morgan fingerprint density at radius 1 is 1.26 bits per heavy atom. The molecule has 2 aliphatic rings. The van der Waals surface area contributed by atoms with Gasteiger partial charge in [-0.15, -0.1) is 0 Å². The van der Waals surface area contributed by atoms with Crippen LogP contribution in [0.2, 0.25) is 0 Å². The monoisotopic (exact) mass is 318 g/mol. The normalized spacial score (nSPS) is 19.4. The molecule has 1 N–H and O–H groups in total. The molecule has 2 amide bonds. The van der Waals surface area contributed by atoms with Gasteiger partial charge in [-0.3, -0.25) is 14.7 Å². The topological polar surface area (TPSA) is 69.3 Å². The first-order chi connectivity index (χ1) is 11.1. The number of carbonyl (C=O) groups is 2. The summed E-state index contributed by atoms with van der Waals surface area (Å²) in [4.78, 5) is 28.6. The average Bonchev–Trinajstić information content (AvgIpc) is 3.03. The Bertz CT molecular complexity index is 531. The van der Waals surface area contributed by atoms with Gasteiger partial charge < -0.3 is 9.80 Å². The van der Waals surface area contributed by atoms with Crippen molar-refractivity contribution < 1.29 is 9.59 Å². The van der Waals surface area contributed by atoms with Crippen molar-refractivity contribution in [3.63, 3.8) is 0 Å². The Balaban J connectivity index is 1.42. The number of aromatic amines is 1. The van der Waals surface area contributed by atoms with E-state index in [1.807, 2.05) is 23.0 Å². The second-order valence-corrected chi connectivity index (χ2v) is 6.84. The molecule has 1 aliphatic carbocycles. The van der Waals surface area contributed by atoms with Gasteiger partial charge in [-0.1, -0.05) is 6.42 Å². The molecule has 1 aliphatic heterocycles. The minimum absolute atomic E-state index is 0.0646. The van der Waals surface area contributed by atoms with Gasteiger partial charge in [0.25, 0.3) is 0 Å². The number of nitrogens with one attached hydrogen (secondary N) is 1. The van der Waals surface area contributed by atoms with E-state index < -0.39 is 0 Å². The molecular formula is C17H26N4O2. The van der Waals surface area contributed by atoms with Crippen LogP contribution in [0.15, 0.2) is 12.4 Å². The maximum Gasteiger partial charge on any atom is 0.225 e. The van der Waals surface area contributed by atoms with Crippen LogP contribution >= 0.6 is 0 Å². The first kappa shape index (κ1) is 16.0. The molecule has 0 atom stereocenters. The predicted octanol–water partition coefficient (Wildman–Crippen LogP) is 1.45. The van der Waals surface area contributed by atoms with Gasteiger partial charge in [0.1, 0.15) is 0 Å². The number of likely N-dealkylation sites (N-methyl/N-ethyl adjacent to an activating group) is 1. The summed E-state index contributed by atoms with van der Waals surface area (Å²) in [5.41, 5.74) is 1.12. The number of H-pyrrole nitrogens is 1. The highest BCUT2D eigenvalue weighted by atomic mass is 16.2. The van der Waals surface area contributed by atoms with Gasteiger partial charge in [0.05, 0.1) is 6.20 Å². The van der Waals surface area contributed by atoms with Crippen molar-refractivity contribution >= 4 is 11.8 Å². The summed E-state index contributed by atoms with van der Waals surface area (Å²) in [6.45, 7) is 2.18. The van der Waals surface area contributed by atoms with Gasteiger partial charge in [0.2, 0.25) is 11.8 Å². The molecule has 2 fully saturated rings. The summed E-state index contributed by atoms with van der Waals surface area (Å²) in [5.74, 6) is 0.856. The van der Waals surface area contributed by atoms with Gasteiger partial charge in [-0.25, -0.2) is 0 Å². The zero-order valence-corrected chi connectivity index (χ0v) is 13.8. The lowest BCUT2D eigenvalue weighted by atomic mass is 9.83. The number of amides is 2. The molecule has 23 heavy (non-hydrogen) atoms. The summed E-state index contributed by atoms with van der Waals surface area (Å²) in [7, 11) is 1.87. The van der Waals surface area contributed by atoms with E-state index in [1.165, 1.54) is 6.42 Å². The number of rotatable bonds is 5. The number of aromatic nitrogens is 2. The van der Waals surface area contributed by atoms with Crippen molar-refractivity contribution in [3.8, 4) is 0 Å². The van der Waals surface area contributed by atoms with E-state index in [4.69, 9.17) is 0 Å². The van der Waals surface area contributed by atoms with Crippen LogP contribution in [-0.2, 0) is 16.0 Å². The minimum atomic E-state index is 0.0646. The minimum Gasteiger partial charge on any atom is -0.345 e. The molecule has 6 heteroatoms. The Kier molecular flexibility index (Phi) is 4.98. The van der Waals surface area contributed by atoms with Crippen molar-refractivity contribution in [2.24, 2.45) is 11.8 Å². The molecule has 0 bridgehead atoms. The molecular weight excluding hydrogens is 292 g/mol. The van der Waals surface area contributed by atoms with Crippen molar-refractivity contribution in [2.45, 2.75) is 38.5 Å². The smallest absolute Gasteiger partial charge is 0.225 e. The van der Waals surface area contributed by atoms with Crippen molar-refractivity contribution in [2.75, 3.05) is 26.7 Å². The van der Waals surface area contributed by atoms with Crippen LogP contribution in [0.25, 0.3) is 0 Å². The highest BCUT2D eigenvalue weighted by Crippen LogP contribution is 2.30. The van der Waals surface area contributed by atoms with E-state index in [1.54, 1.807) is 6.20 Å². The zero-order valence-electron chi connectivity index (χ0n) is 13.8. The molecule has 126 valence electrons. The van der Waals surface area contributed by atoms with E-state index in [0.29, 0.717) is 12.5 Å². The van der Waals surface area contributed by atoms with E-state index in [2.05, 4.69) is 10.2 Å². The molecule has 6 nitrogen and oxygen atoms in total. The number of hydrogen-bond acceptors (Lipinski definition) is 3. The molecule has 0 radical (unpaired) electrons. The fourth-order valence-corrected chi connectivity index (χ4v) is 3.39. The first-order valence-electron chi connectivity index (χ1n) is 8.66. The zero-order chi connectivity index (χ0) is 16.2. The maximum atomic E-state index is 12.5. The van der Waals surface area contributed by atoms with Crippen molar-refractivity contribution in [3.05, 3.63) is 18.0 Å². The van der Waals surface area contributed by atoms with Crippen LogP contribution in [-0.4, -0.2) is 58.5 Å². The summed E-state index contributed by atoms with van der Waals surface area (Å²) >= 11 is 0. The molecule has 3 rings (SSSR count). The van der Waals surface area contributed by atoms with Crippen LogP contribution in [0.3, 0.4) is 0 Å². The molecule has 0 aromatic carbocycles. The van der Waals surface area contributed by atoms with E-state index in [9.17, 15) is 9.59 Å². The van der Waals surface area contributed by atoms with Gasteiger partial charge >= 0.3 is 0 Å². The van der Waals surface area contributed by atoms with Gasteiger partial charge in [0.15, 0.2) is 0 Å². The Labute approximate surface area is 137 Å². The molecule has 2 heterocycles. The SMILES string of the molecule is CN(CCc1cn[nH]c1)C(=O)C1CCN(C(=O)C2CCC2)CC1. The lowest BCUT2D eigenvalue weighted by Crippen LogP contribution is -2.46. The number of likely N-dealkylation sites (tertiary alicyclic amines) is 1. The van der Waals surface area contributed by atoms with Crippen LogP contribution in [0, 0.1) is 11.8 Å². The second-order valence-electron chi connectivity index (χ2n) is 6.84. The number of piperidine rings is 1. The molecule has 1 aromatic heterocycles.